The third-order valence-electron chi connectivity index (χ3n) is 7.11. The number of carboxylic acids is 1. The molecule has 1 N–H and O–H groups in total. The van der Waals surface area contributed by atoms with Crippen LogP contribution in [0.1, 0.15) is 54.0 Å². The Morgan fingerprint density at radius 1 is 0.917 bits per heavy atom. The standard InChI is InChI=1S/C30H31NO5/c32-29(28(22-12-5-2-6-13-22)36-24-15-7-8-16-24)31-19-23-14-9-17-27(25(23)18-26(31)30(33)34)35-20-21-10-3-1-4-11-21/h1-6,9-14,17,24,26,28H,7-8,15-16,18-20H2,(H,33,34)/t26-,28-/m1/s1. The van der Waals surface area contributed by atoms with Gasteiger partial charge in [0.25, 0.3) is 5.91 Å². The van der Waals surface area contributed by atoms with Crippen molar-refractivity contribution >= 4 is 11.9 Å². The Balaban J connectivity index is 1.41. The number of nitrogens with zero attached hydrogens (tertiary/aromatic N) is 1. The highest BCUT2D eigenvalue weighted by Crippen LogP contribution is 2.35. The van der Waals surface area contributed by atoms with Gasteiger partial charge in [-0.25, -0.2) is 4.79 Å². The molecule has 0 bridgehead atoms. The number of carbonyl (C=O) groups excluding carboxylic acids is 1. The van der Waals surface area contributed by atoms with E-state index in [1.54, 1.807) is 0 Å². The summed E-state index contributed by atoms with van der Waals surface area (Å²) in [6, 6.07) is 24.0. The number of hydrogen-bond acceptors (Lipinski definition) is 4. The molecule has 0 saturated heterocycles. The second-order valence-corrected chi connectivity index (χ2v) is 9.53. The van der Waals surface area contributed by atoms with Gasteiger partial charge in [-0.05, 0) is 35.6 Å². The summed E-state index contributed by atoms with van der Waals surface area (Å²) in [5.41, 5.74) is 3.54. The van der Waals surface area contributed by atoms with Crippen molar-refractivity contribution in [3.63, 3.8) is 0 Å². The fraction of sp³-hybridized carbons (Fsp3) is 0.333. The molecule has 1 amide bonds. The van der Waals surface area contributed by atoms with Crippen LogP contribution in [0.3, 0.4) is 0 Å². The van der Waals surface area contributed by atoms with E-state index >= 15 is 0 Å². The SMILES string of the molecule is O=C(O)[C@H]1Cc2c(cccc2OCc2ccccc2)CN1C(=O)[C@H](OC1CCCC1)c1ccccc1. The summed E-state index contributed by atoms with van der Waals surface area (Å²) < 4.78 is 12.4. The Labute approximate surface area is 211 Å². The molecule has 36 heavy (non-hydrogen) atoms. The molecule has 1 aliphatic heterocycles. The number of benzene rings is 3. The van der Waals surface area contributed by atoms with E-state index in [1.807, 2.05) is 78.9 Å². The van der Waals surface area contributed by atoms with Gasteiger partial charge >= 0.3 is 5.97 Å². The lowest BCUT2D eigenvalue weighted by atomic mass is 9.92. The number of ether oxygens (including phenoxy) is 2. The van der Waals surface area contributed by atoms with Crippen LogP contribution in [-0.2, 0) is 33.9 Å². The minimum absolute atomic E-state index is 0.0116. The summed E-state index contributed by atoms with van der Waals surface area (Å²) in [7, 11) is 0. The van der Waals surface area contributed by atoms with E-state index in [-0.39, 0.29) is 25.0 Å². The molecule has 6 nitrogen and oxygen atoms in total. The molecule has 1 saturated carbocycles. The molecule has 0 aromatic heterocycles. The number of amides is 1. The van der Waals surface area contributed by atoms with E-state index in [2.05, 4.69) is 0 Å². The summed E-state index contributed by atoms with van der Waals surface area (Å²) in [5, 5.41) is 10.1. The zero-order valence-electron chi connectivity index (χ0n) is 20.2. The molecular weight excluding hydrogens is 454 g/mol. The van der Waals surface area contributed by atoms with Gasteiger partial charge < -0.3 is 19.5 Å². The molecule has 5 rings (SSSR count). The molecule has 0 unspecified atom stereocenters. The first-order valence-corrected chi connectivity index (χ1v) is 12.6. The maximum atomic E-state index is 13.9. The van der Waals surface area contributed by atoms with E-state index in [0.717, 1.165) is 47.9 Å². The zero-order chi connectivity index (χ0) is 24.9. The van der Waals surface area contributed by atoms with Crippen LogP contribution in [0, 0.1) is 0 Å². The lowest BCUT2D eigenvalue weighted by Gasteiger charge is -2.37. The average molecular weight is 486 g/mol. The van der Waals surface area contributed by atoms with Crippen molar-refractivity contribution in [3.8, 4) is 5.75 Å². The van der Waals surface area contributed by atoms with Gasteiger partial charge in [0.15, 0.2) is 6.10 Å². The molecule has 0 spiro atoms. The van der Waals surface area contributed by atoms with Crippen molar-refractivity contribution in [3.05, 3.63) is 101 Å². The highest BCUT2D eigenvalue weighted by atomic mass is 16.5. The molecule has 3 aromatic carbocycles. The van der Waals surface area contributed by atoms with Crippen LogP contribution in [0.4, 0.5) is 0 Å². The maximum Gasteiger partial charge on any atom is 0.326 e. The number of carbonyl (C=O) groups is 2. The van der Waals surface area contributed by atoms with E-state index in [1.165, 1.54) is 4.90 Å². The zero-order valence-corrected chi connectivity index (χ0v) is 20.2. The van der Waals surface area contributed by atoms with Crippen molar-refractivity contribution < 1.29 is 24.2 Å². The third kappa shape index (κ3) is 5.29. The molecule has 1 heterocycles. The van der Waals surface area contributed by atoms with Gasteiger partial charge in [-0.1, -0.05) is 85.6 Å². The number of fused-ring (bicyclic) bond motifs is 1. The van der Waals surface area contributed by atoms with Crippen LogP contribution in [0.5, 0.6) is 5.75 Å². The van der Waals surface area contributed by atoms with Gasteiger partial charge in [0.1, 0.15) is 18.4 Å². The van der Waals surface area contributed by atoms with Crippen molar-refractivity contribution in [2.75, 3.05) is 0 Å². The second-order valence-electron chi connectivity index (χ2n) is 9.53. The normalized spacial score (nSPS) is 18.4. The largest absolute Gasteiger partial charge is 0.489 e. The molecule has 2 atom stereocenters. The van der Waals surface area contributed by atoms with Crippen LogP contribution in [-0.4, -0.2) is 34.0 Å². The van der Waals surface area contributed by atoms with Gasteiger partial charge in [0.2, 0.25) is 0 Å². The van der Waals surface area contributed by atoms with E-state index in [4.69, 9.17) is 9.47 Å². The third-order valence-corrected chi connectivity index (χ3v) is 7.11. The predicted molar refractivity (Wildman–Crippen MR) is 135 cm³/mol. The van der Waals surface area contributed by atoms with E-state index in [9.17, 15) is 14.7 Å². The molecule has 186 valence electrons. The molecule has 3 aromatic rings. The van der Waals surface area contributed by atoms with Crippen LogP contribution >= 0.6 is 0 Å². The predicted octanol–water partition coefficient (Wildman–Crippen LogP) is 5.30. The van der Waals surface area contributed by atoms with Crippen molar-refractivity contribution in [2.45, 2.75) is 63.5 Å². The Morgan fingerprint density at radius 2 is 1.61 bits per heavy atom. The summed E-state index contributed by atoms with van der Waals surface area (Å²) in [5.74, 6) is -0.669. The molecule has 2 aliphatic rings. The Morgan fingerprint density at radius 3 is 2.31 bits per heavy atom. The van der Waals surface area contributed by atoms with Gasteiger partial charge in [-0.15, -0.1) is 0 Å². The summed E-state index contributed by atoms with van der Waals surface area (Å²) >= 11 is 0. The van der Waals surface area contributed by atoms with Crippen LogP contribution < -0.4 is 4.74 Å². The highest BCUT2D eigenvalue weighted by molar-refractivity contribution is 5.88. The Kier molecular flexibility index (Phi) is 7.33. The quantitative estimate of drug-likeness (QED) is 0.468. The highest BCUT2D eigenvalue weighted by Gasteiger charge is 2.40. The monoisotopic (exact) mass is 485 g/mol. The first-order chi connectivity index (χ1) is 17.6. The van der Waals surface area contributed by atoms with Crippen LogP contribution in [0.15, 0.2) is 78.9 Å². The maximum absolute atomic E-state index is 13.9. The molecular formula is C30H31NO5. The topological polar surface area (TPSA) is 76.1 Å². The summed E-state index contributed by atoms with van der Waals surface area (Å²) in [6.07, 6.45) is 3.38. The molecule has 6 heteroatoms. The Hall–Kier alpha value is -3.64. The fourth-order valence-electron chi connectivity index (χ4n) is 5.19. The van der Waals surface area contributed by atoms with Gasteiger partial charge in [-0.2, -0.15) is 0 Å². The second kappa shape index (κ2) is 11.0. The summed E-state index contributed by atoms with van der Waals surface area (Å²) in [4.78, 5) is 27.8. The van der Waals surface area contributed by atoms with E-state index in [0.29, 0.717) is 12.4 Å². The number of aliphatic carboxylic acids is 1. The number of carboxylic acid groups (broad SMARTS) is 1. The first-order valence-electron chi connectivity index (χ1n) is 12.6. The minimum Gasteiger partial charge on any atom is -0.489 e. The van der Waals surface area contributed by atoms with Crippen LogP contribution in [0.25, 0.3) is 0 Å². The number of hydrogen-bond donors (Lipinski definition) is 1. The van der Waals surface area contributed by atoms with Gasteiger partial charge in [0, 0.05) is 18.5 Å². The number of rotatable bonds is 8. The smallest absolute Gasteiger partial charge is 0.326 e. The van der Waals surface area contributed by atoms with Crippen molar-refractivity contribution in [2.24, 2.45) is 0 Å². The lowest BCUT2D eigenvalue weighted by Crippen LogP contribution is -2.50. The average Bonchev–Trinajstić information content (AvgIpc) is 3.44. The summed E-state index contributed by atoms with van der Waals surface area (Å²) in [6.45, 7) is 0.591. The van der Waals surface area contributed by atoms with Crippen molar-refractivity contribution in [1.29, 1.82) is 0 Å². The molecule has 1 aliphatic carbocycles. The van der Waals surface area contributed by atoms with Gasteiger partial charge in [0.05, 0.1) is 6.10 Å². The fourth-order valence-corrected chi connectivity index (χ4v) is 5.19. The van der Waals surface area contributed by atoms with Crippen molar-refractivity contribution in [1.82, 2.24) is 4.90 Å². The van der Waals surface area contributed by atoms with Gasteiger partial charge in [-0.3, -0.25) is 4.79 Å². The molecule has 0 radical (unpaired) electrons. The Bertz CT molecular complexity index is 1190. The van der Waals surface area contributed by atoms with E-state index < -0.39 is 18.1 Å². The lowest BCUT2D eigenvalue weighted by molar-refractivity contribution is -0.160. The first kappa shape index (κ1) is 24.1. The van der Waals surface area contributed by atoms with Crippen LogP contribution in [0.2, 0.25) is 0 Å². The minimum atomic E-state index is -1.03. The molecule has 1 fully saturated rings.